The second-order valence-electron chi connectivity index (χ2n) is 8.04. The zero-order valence-corrected chi connectivity index (χ0v) is 15.8. The first-order valence-corrected chi connectivity index (χ1v) is 9.75. The highest BCUT2D eigenvalue weighted by atomic mass is 19.1. The molecule has 1 saturated carbocycles. The van der Waals surface area contributed by atoms with Crippen LogP contribution in [0.25, 0.3) is 0 Å². The summed E-state index contributed by atoms with van der Waals surface area (Å²) in [6, 6.07) is 11.4. The fraction of sp³-hybridized carbons (Fsp3) is 0.364. The molecular weight excluding hydrogens is 375 g/mol. The molecule has 0 bridgehead atoms. The van der Waals surface area contributed by atoms with E-state index in [1.807, 2.05) is 4.90 Å². The third kappa shape index (κ3) is 3.41. The number of fused-ring (bicyclic) bond motifs is 1. The molecule has 2 aliphatic heterocycles. The average Bonchev–Trinajstić information content (AvgIpc) is 3.02. The number of carbonyl (C=O) groups is 2. The Bertz CT molecular complexity index is 977. The van der Waals surface area contributed by atoms with Crippen molar-refractivity contribution in [2.24, 2.45) is 11.3 Å². The third-order valence-electron chi connectivity index (χ3n) is 6.15. The minimum absolute atomic E-state index is 0.0169. The molecule has 150 valence electrons. The lowest BCUT2D eigenvalue weighted by Crippen LogP contribution is -2.31. The first-order valence-electron chi connectivity index (χ1n) is 9.75. The number of benzene rings is 2. The van der Waals surface area contributed by atoms with E-state index in [2.05, 4.69) is 5.32 Å². The lowest BCUT2D eigenvalue weighted by atomic mass is 10.0. The van der Waals surface area contributed by atoms with Gasteiger partial charge in [-0.3, -0.25) is 9.59 Å². The van der Waals surface area contributed by atoms with Crippen LogP contribution in [0.5, 0.6) is 11.5 Å². The Hall–Kier alpha value is -3.09. The van der Waals surface area contributed by atoms with Crippen LogP contribution in [0.1, 0.15) is 18.4 Å². The molecule has 2 amide bonds. The SMILES string of the molecule is O=C(Nc1ccc2c(c1)OCO2)[C@@H]1C[C@@]12CCN(C(=O)Cc1ccc(F)cc1)C2. The van der Waals surface area contributed by atoms with Crippen molar-refractivity contribution in [1.29, 1.82) is 0 Å². The van der Waals surface area contributed by atoms with E-state index in [1.54, 1.807) is 30.3 Å². The number of carbonyl (C=O) groups excluding carboxylic acids is 2. The molecule has 2 aromatic rings. The number of rotatable bonds is 4. The molecule has 2 aromatic carbocycles. The first-order chi connectivity index (χ1) is 14.0. The van der Waals surface area contributed by atoms with Gasteiger partial charge in [0.2, 0.25) is 18.6 Å². The van der Waals surface area contributed by atoms with Crippen molar-refractivity contribution in [1.82, 2.24) is 4.90 Å². The number of ether oxygens (including phenoxy) is 2. The van der Waals surface area contributed by atoms with Gasteiger partial charge >= 0.3 is 0 Å². The number of anilines is 1. The molecular formula is C22H21FN2O4. The summed E-state index contributed by atoms with van der Waals surface area (Å²) < 4.78 is 23.7. The Morgan fingerprint density at radius 1 is 1.14 bits per heavy atom. The molecule has 0 unspecified atom stereocenters. The van der Waals surface area contributed by atoms with Gasteiger partial charge in [-0.05, 0) is 42.7 Å². The van der Waals surface area contributed by atoms with Crippen LogP contribution in [0.2, 0.25) is 0 Å². The van der Waals surface area contributed by atoms with Crippen LogP contribution in [0, 0.1) is 17.2 Å². The molecule has 1 aliphatic carbocycles. The molecule has 1 spiro atoms. The van der Waals surface area contributed by atoms with E-state index in [4.69, 9.17) is 9.47 Å². The molecule has 29 heavy (non-hydrogen) atoms. The molecule has 0 aromatic heterocycles. The van der Waals surface area contributed by atoms with Gasteiger partial charge in [0.1, 0.15) is 5.82 Å². The third-order valence-corrected chi connectivity index (χ3v) is 6.15. The molecule has 1 N–H and O–H groups in total. The second kappa shape index (κ2) is 6.76. The molecule has 0 radical (unpaired) electrons. The van der Waals surface area contributed by atoms with E-state index in [0.29, 0.717) is 30.3 Å². The van der Waals surface area contributed by atoms with Crippen molar-refractivity contribution in [3.05, 3.63) is 53.8 Å². The van der Waals surface area contributed by atoms with Gasteiger partial charge in [-0.15, -0.1) is 0 Å². The summed E-state index contributed by atoms with van der Waals surface area (Å²) in [7, 11) is 0. The summed E-state index contributed by atoms with van der Waals surface area (Å²) in [5.41, 5.74) is 1.37. The molecule has 7 heteroatoms. The predicted octanol–water partition coefficient (Wildman–Crippen LogP) is 2.97. The van der Waals surface area contributed by atoms with Crippen molar-refractivity contribution >= 4 is 17.5 Å². The summed E-state index contributed by atoms with van der Waals surface area (Å²) in [6.45, 7) is 1.46. The van der Waals surface area contributed by atoms with Crippen LogP contribution in [0.3, 0.4) is 0 Å². The van der Waals surface area contributed by atoms with Crippen molar-refractivity contribution in [2.75, 3.05) is 25.2 Å². The van der Waals surface area contributed by atoms with Gasteiger partial charge in [-0.25, -0.2) is 4.39 Å². The number of likely N-dealkylation sites (tertiary alicyclic amines) is 1. The molecule has 2 atom stereocenters. The fourth-order valence-electron chi connectivity index (χ4n) is 4.37. The van der Waals surface area contributed by atoms with E-state index in [-0.39, 0.29) is 42.2 Å². The van der Waals surface area contributed by atoms with Crippen molar-refractivity contribution in [2.45, 2.75) is 19.3 Å². The molecule has 6 nitrogen and oxygen atoms in total. The minimum atomic E-state index is -0.310. The van der Waals surface area contributed by atoms with Gasteiger partial charge in [-0.2, -0.15) is 0 Å². The number of halogens is 1. The maximum Gasteiger partial charge on any atom is 0.231 e. The topological polar surface area (TPSA) is 67.9 Å². The van der Waals surface area contributed by atoms with E-state index in [9.17, 15) is 14.0 Å². The molecule has 2 heterocycles. The van der Waals surface area contributed by atoms with E-state index >= 15 is 0 Å². The van der Waals surface area contributed by atoms with Crippen LogP contribution >= 0.6 is 0 Å². The lowest BCUT2D eigenvalue weighted by molar-refractivity contribution is -0.129. The first kappa shape index (κ1) is 18.0. The van der Waals surface area contributed by atoms with Crippen molar-refractivity contribution < 1.29 is 23.5 Å². The zero-order valence-electron chi connectivity index (χ0n) is 15.8. The molecule has 5 rings (SSSR count). The maximum absolute atomic E-state index is 13.0. The lowest BCUT2D eigenvalue weighted by Gasteiger charge is -2.17. The summed E-state index contributed by atoms with van der Waals surface area (Å²) in [5, 5.41) is 2.96. The van der Waals surface area contributed by atoms with Gasteiger partial charge in [0, 0.05) is 36.2 Å². The summed E-state index contributed by atoms with van der Waals surface area (Å²) in [4.78, 5) is 27.1. The largest absolute Gasteiger partial charge is 0.454 e. The average molecular weight is 396 g/mol. The molecule has 3 aliphatic rings. The second-order valence-corrected chi connectivity index (χ2v) is 8.04. The van der Waals surface area contributed by atoms with E-state index in [0.717, 1.165) is 18.4 Å². The molecule has 1 saturated heterocycles. The van der Waals surface area contributed by atoms with Crippen molar-refractivity contribution in [3.63, 3.8) is 0 Å². The quantitative estimate of drug-likeness (QED) is 0.863. The number of nitrogens with one attached hydrogen (secondary N) is 1. The smallest absolute Gasteiger partial charge is 0.231 e. The van der Waals surface area contributed by atoms with Crippen LogP contribution in [-0.2, 0) is 16.0 Å². The Labute approximate surface area is 167 Å². The predicted molar refractivity (Wildman–Crippen MR) is 103 cm³/mol. The molecule has 2 fully saturated rings. The van der Waals surface area contributed by atoms with Gasteiger partial charge in [0.05, 0.1) is 6.42 Å². The highest BCUT2D eigenvalue weighted by molar-refractivity contribution is 5.95. The van der Waals surface area contributed by atoms with Gasteiger partial charge in [0.25, 0.3) is 0 Å². The zero-order chi connectivity index (χ0) is 20.0. The Morgan fingerprint density at radius 2 is 1.93 bits per heavy atom. The van der Waals surface area contributed by atoms with Crippen LogP contribution in [0.4, 0.5) is 10.1 Å². The van der Waals surface area contributed by atoms with Crippen LogP contribution < -0.4 is 14.8 Å². The number of amides is 2. The number of hydrogen-bond acceptors (Lipinski definition) is 4. The van der Waals surface area contributed by atoms with E-state index in [1.165, 1.54) is 12.1 Å². The van der Waals surface area contributed by atoms with Crippen molar-refractivity contribution in [3.8, 4) is 11.5 Å². The fourth-order valence-corrected chi connectivity index (χ4v) is 4.37. The monoisotopic (exact) mass is 396 g/mol. The van der Waals surface area contributed by atoms with Gasteiger partial charge < -0.3 is 19.7 Å². The Kier molecular flexibility index (Phi) is 4.19. The Balaban J connectivity index is 1.18. The Morgan fingerprint density at radius 3 is 2.76 bits per heavy atom. The summed E-state index contributed by atoms with van der Waals surface area (Å²) in [6.07, 6.45) is 1.88. The van der Waals surface area contributed by atoms with E-state index < -0.39 is 0 Å². The van der Waals surface area contributed by atoms with Gasteiger partial charge in [0.15, 0.2) is 11.5 Å². The maximum atomic E-state index is 13.0. The number of nitrogens with zero attached hydrogens (tertiary/aromatic N) is 1. The van der Waals surface area contributed by atoms with Crippen LogP contribution in [0.15, 0.2) is 42.5 Å². The summed E-state index contributed by atoms with van der Waals surface area (Å²) in [5.74, 6) is 0.919. The minimum Gasteiger partial charge on any atom is -0.454 e. The highest BCUT2D eigenvalue weighted by Gasteiger charge is 2.61. The van der Waals surface area contributed by atoms with Gasteiger partial charge in [-0.1, -0.05) is 12.1 Å². The highest BCUT2D eigenvalue weighted by Crippen LogP contribution is 2.58. The standard InChI is InChI=1S/C22H21FN2O4/c23-15-3-1-14(2-4-15)9-20(26)25-8-7-22(12-25)11-17(22)21(27)24-16-5-6-18-19(10-16)29-13-28-18/h1-6,10,17H,7-9,11-13H2,(H,24,27)/t17-,22+/m0/s1. The summed E-state index contributed by atoms with van der Waals surface area (Å²) >= 11 is 0. The number of hydrogen-bond donors (Lipinski definition) is 1. The normalized spacial score (nSPS) is 24.0. The van der Waals surface area contributed by atoms with Crippen LogP contribution in [-0.4, -0.2) is 36.6 Å².